The van der Waals surface area contributed by atoms with Gasteiger partial charge in [0, 0.05) is 50.8 Å². The highest BCUT2D eigenvalue weighted by molar-refractivity contribution is 6.13. The monoisotopic (exact) mass is 497 g/mol. The van der Waals surface area contributed by atoms with Gasteiger partial charge in [0.25, 0.3) is 11.8 Å². The minimum absolute atomic E-state index is 0.161. The lowest BCUT2D eigenvalue weighted by Gasteiger charge is -2.34. The van der Waals surface area contributed by atoms with Gasteiger partial charge >= 0.3 is 0 Å². The summed E-state index contributed by atoms with van der Waals surface area (Å²) in [7, 11) is 0. The van der Waals surface area contributed by atoms with E-state index in [4.69, 9.17) is 10.3 Å². The third-order valence-corrected chi connectivity index (χ3v) is 7.85. The SMILES string of the molecule is Cc1cc(NC(=O)c2ccc3c(N)noc3c2N2CCC3(CC2)CC3)nc(N2CCC(F)(F)CC2)n1. The molecule has 2 aromatic heterocycles. The minimum Gasteiger partial charge on any atom is -0.380 e. The lowest BCUT2D eigenvalue weighted by molar-refractivity contribution is -0.0222. The number of carbonyl (C=O) groups is 1. The zero-order chi connectivity index (χ0) is 25.1. The van der Waals surface area contributed by atoms with Crippen LogP contribution in [0.3, 0.4) is 0 Å². The molecule has 11 heteroatoms. The van der Waals surface area contributed by atoms with Crippen LogP contribution in [0.25, 0.3) is 11.0 Å². The second-order valence-corrected chi connectivity index (χ2v) is 10.4. The summed E-state index contributed by atoms with van der Waals surface area (Å²) < 4.78 is 32.8. The van der Waals surface area contributed by atoms with E-state index in [9.17, 15) is 13.6 Å². The van der Waals surface area contributed by atoms with E-state index in [0.29, 0.717) is 45.1 Å². The average Bonchev–Trinajstić information content (AvgIpc) is 3.49. The van der Waals surface area contributed by atoms with Crippen molar-refractivity contribution in [2.24, 2.45) is 5.41 Å². The van der Waals surface area contributed by atoms with Crippen LogP contribution >= 0.6 is 0 Å². The number of anilines is 4. The van der Waals surface area contributed by atoms with Crippen molar-refractivity contribution in [1.82, 2.24) is 15.1 Å². The summed E-state index contributed by atoms with van der Waals surface area (Å²) in [5.41, 5.74) is 8.75. The molecule has 190 valence electrons. The number of nitrogens with one attached hydrogen (secondary N) is 1. The number of hydrogen-bond acceptors (Lipinski definition) is 8. The maximum Gasteiger partial charge on any atom is 0.259 e. The number of nitrogens with two attached hydrogens (primary N) is 1. The highest BCUT2D eigenvalue weighted by Crippen LogP contribution is 2.54. The Kier molecular flexibility index (Phi) is 5.27. The topological polar surface area (TPSA) is 113 Å². The van der Waals surface area contributed by atoms with Crippen molar-refractivity contribution in [2.45, 2.75) is 51.4 Å². The number of nitrogens with zero attached hydrogens (tertiary/aromatic N) is 5. The number of piperidine rings is 2. The van der Waals surface area contributed by atoms with Crippen LogP contribution < -0.4 is 20.9 Å². The Morgan fingerprint density at radius 2 is 1.72 bits per heavy atom. The first-order chi connectivity index (χ1) is 17.2. The van der Waals surface area contributed by atoms with Crippen LogP contribution in [0.1, 0.15) is 54.6 Å². The van der Waals surface area contributed by atoms with Crippen molar-refractivity contribution in [3.05, 3.63) is 29.5 Å². The maximum atomic E-state index is 13.6. The molecule has 0 atom stereocenters. The molecule has 1 aliphatic carbocycles. The third-order valence-electron chi connectivity index (χ3n) is 7.85. The Labute approximate surface area is 207 Å². The zero-order valence-corrected chi connectivity index (χ0v) is 20.2. The number of amides is 1. The van der Waals surface area contributed by atoms with Crippen molar-refractivity contribution in [1.29, 1.82) is 0 Å². The summed E-state index contributed by atoms with van der Waals surface area (Å²) in [6.45, 7) is 3.77. The van der Waals surface area contributed by atoms with Gasteiger partial charge in [0.1, 0.15) is 5.82 Å². The first-order valence-electron chi connectivity index (χ1n) is 12.4. The van der Waals surface area contributed by atoms with Crippen LogP contribution in [0.5, 0.6) is 0 Å². The number of alkyl halides is 2. The Bertz CT molecular complexity index is 1320. The van der Waals surface area contributed by atoms with Gasteiger partial charge in [-0.2, -0.15) is 4.98 Å². The number of benzene rings is 1. The molecule has 2 saturated heterocycles. The van der Waals surface area contributed by atoms with Crippen molar-refractivity contribution < 1.29 is 18.1 Å². The fourth-order valence-electron chi connectivity index (χ4n) is 5.36. The summed E-state index contributed by atoms with van der Waals surface area (Å²) in [5.74, 6) is -2.06. The van der Waals surface area contributed by atoms with Gasteiger partial charge in [-0.25, -0.2) is 13.8 Å². The largest absolute Gasteiger partial charge is 0.380 e. The van der Waals surface area contributed by atoms with Crippen molar-refractivity contribution in [3.8, 4) is 0 Å². The van der Waals surface area contributed by atoms with Crippen LogP contribution in [0.4, 0.5) is 32.1 Å². The Morgan fingerprint density at radius 3 is 2.42 bits per heavy atom. The molecular weight excluding hydrogens is 468 g/mol. The van der Waals surface area contributed by atoms with Crippen LogP contribution in [0.2, 0.25) is 0 Å². The zero-order valence-electron chi connectivity index (χ0n) is 20.2. The number of aromatic nitrogens is 3. The molecule has 4 heterocycles. The second-order valence-electron chi connectivity index (χ2n) is 10.4. The molecule has 9 nitrogen and oxygen atoms in total. The number of hydrogen-bond donors (Lipinski definition) is 2. The normalized spacial score (nSPS) is 20.6. The molecule has 36 heavy (non-hydrogen) atoms. The number of fused-ring (bicyclic) bond motifs is 1. The van der Waals surface area contributed by atoms with Gasteiger partial charge in [0.15, 0.2) is 11.4 Å². The van der Waals surface area contributed by atoms with Gasteiger partial charge in [0.2, 0.25) is 5.95 Å². The van der Waals surface area contributed by atoms with Gasteiger partial charge in [-0.15, -0.1) is 0 Å². The van der Waals surface area contributed by atoms with E-state index >= 15 is 0 Å². The third kappa shape index (κ3) is 4.20. The molecule has 3 N–H and O–H groups in total. The average molecular weight is 498 g/mol. The number of carbonyl (C=O) groups excluding carboxylic acids is 1. The van der Waals surface area contributed by atoms with E-state index in [-0.39, 0.29) is 37.7 Å². The molecule has 1 spiro atoms. The van der Waals surface area contributed by atoms with Crippen molar-refractivity contribution in [3.63, 3.8) is 0 Å². The van der Waals surface area contributed by atoms with Gasteiger partial charge in [0.05, 0.1) is 16.6 Å². The van der Waals surface area contributed by atoms with E-state index in [1.807, 2.05) is 0 Å². The molecule has 3 fully saturated rings. The van der Waals surface area contributed by atoms with E-state index in [0.717, 1.165) is 25.9 Å². The molecule has 0 unspecified atom stereocenters. The fourth-order valence-corrected chi connectivity index (χ4v) is 5.36. The Morgan fingerprint density at radius 1 is 1.03 bits per heavy atom. The summed E-state index contributed by atoms with van der Waals surface area (Å²) in [6, 6.07) is 5.16. The standard InChI is InChI=1S/C25H29F2N7O2/c1-15-14-18(31-23(29-15)34-12-8-25(26,27)9-13-34)30-22(35)16-2-3-17-20(36-32-21(17)28)19(16)33-10-6-24(4-5-24)7-11-33/h2-3,14H,4-13H2,1H3,(H2,28,32)(H,29,30,31,35). The van der Waals surface area contributed by atoms with Gasteiger partial charge in [-0.05, 0) is 50.2 Å². The second kappa shape index (κ2) is 8.28. The Balaban J connectivity index is 1.29. The quantitative estimate of drug-likeness (QED) is 0.546. The molecule has 1 saturated carbocycles. The highest BCUT2D eigenvalue weighted by atomic mass is 19.3. The summed E-state index contributed by atoms with van der Waals surface area (Å²) in [4.78, 5) is 26.4. The Hall–Kier alpha value is -3.50. The van der Waals surface area contributed by atoms with Crippen LogP contribution in [-0.4, -0.2) is 53.1 Å². The van der Waals surface area contributed by atoms with Gasteiger partial charge in [-0.1, -0.05) is 5.16 Å². The number of halogens is 2. The van der Waals surface area contributed by atoms with E-state index < -0.39 is 5.92 Å². The molecular formula is C25H29F2N7O2. The minimum atomic E-state index is -2.66. The lowest BCUT2D eigenvalue weighted by atomic mass is 9.92. The first-order valence-corrected chi connectivity index (χ1v) is 12.4. The molecule has 1 amide bonds. The highest BCUT2D eigenvalue weighted by Gasteiger charge is 2.45. The van der Waals surface area contributed by atoms with Gasteiger partial charge < -0.3 is 25.4 Å². The van der Waals surface area contributed by atoms with E-state index in [1.165, 1.54) is 12.8 Å². The van der Waals surface area contributed by atoms with Gasteiger partial charge in [-0.3, -0.25) is 4.79 Å². The molecule has 0 bridgehead atoms. The smallest absolute Gasteiger partial charge is 0.259 e. The number of nitrogen functional groups attached to an aromatic ring is 1. The summed E-state index contributed by atoms with van der Waals surface area (Å²) in [6.07, 6.45) is 4.23. The predicted octanol–water partition coefficient (Wildman–Crippen LogP) is 4.38. The molecule has 2 aliphatic heterocycles. The first kappa shape index (κ1) is 22.9. The van der Waals surface area contributed by atoms with E-state index in [1.54, 1.807) is 30.0 Å². The van der Waals surface area contributed by atoms with Crippen molar-refractivity contribution >= 4 is 40.1 Å². The fraction of sp³-hybridized carbons (Fsp3) is 0.520. The lowest BCUT2D eigenvalue weighted by Crippen LogP contribution is -2.40. The molecule has 0 radical (unpaired) electrons. The molecule has 6 rings (SSSR count). The summed E-state index contributed by atoms with van der Waals surface area (Å²) in [5, 5.41) is 7.49. The molecule has 1 aromatic carbocycles. The maximum absolute atomic E-state index is 13.6. The number of aryl methyl sites for hydroxylation is 1. The number of rotatable bonds is 4. The van der Waals surface area contributed by atoms with Crippen LogP contribution in [0.15, 0.2) is 22.7 Å². The van der Waals surface area contributed by atoms with Crippen molar-refractivity contribution in [2.75, 3.05) is 47.0 Å². The molecule has 3 aliphatic rings. The molecule has 3 aromatic rings. The van der Waals surface area contributed by atoms with Crippen LogP contribution in [-0.2, 0) is 0 Å². The van der Waals surface area contributed by atoms with Crippen LogP contribution in [0, 0.1) is 12.3 Å². The summed E-state index contributed by atoms with van der Waals surface area (Å²) >= 11 is 0. The predicted molar refractivity (Wildman–Crippen MR) is 133 cm³/mol. The van der Waals surface area contributed by atoms with E-state index in [2.05, 4.69) is 25.3 Å².